The van der Waals surface area contributed by atoms with Crippen molar-refractivity contribution in [1.82, 2.24) is 9.97 Å². The van der Waals surface area contributed by atoms with Gasteiger partial charge >= 0.3 is 24.7 Å². The van der Waals surface area contributed by atoms with Gasteiger partial charge in [0.15, 0.2) is 0 Å². The summed E-state index contributed by atoms with van der Waals surface area (Å²) in [5.74, 6) is 0. The normalized spacial score (nSPS) is 13.0. The molecule has 5 aromatic rings. The number of fused-ring (bicyclic) bond motifs is 2. The smallest absolute Gasteiger partial charge is 0.310 e. The van der Waals surface area contributed by atoms with E-state index in [2.05, 4.69) is 9.97 Å². The van der Waals surface area contributed by atoms with Gasteiger partial charge in [0.05, 0.1) is 27.1 Å². The molecule has 5 rings (SSSR count). The second-order valence-electron chi connectivity index (χ2n) is 9.61. The van der Waals surface area contributed by atoms with Crippen molar-refractivity contribution in [1.29, 1.82) is 0 Å². The fourth-order valence-corrected chi connectivity index (χ4v) is 4.64. The number of halogens is 12. The average Bonchev–Trinajstić information content (AvgIpc) is 2.94. The quantitative estimate of drug-likeness (QED) is 0.109. The zero-order valence-electron chi connectivity index (χ0n) is 22.1. The highest BCUT2D eigenvalue weighted by molar-refractivity contribution is 5.92. The van der Waals surface area contributed by atoms with Gasteiger partial charge in [-0.1, -0.05) is 12.1 Å². The van der Waals surface area contributed by atoms with Crippen molar-refractivity contribution < 1.29 is 57.6 Å². The number of hydrogen-bond acceptors (Lipinski definition) is 5. The van der Waals surface area contributed by atoms with E-state index in [4.69, 9.17) is 0 Å². The van der Waals surface area contributed by atoms with Crippen LogP contribution in [0.25, 0.3) is 21.8 Å². The van der Waals surface area contributed by atoms with E-state index in [1.54, 1.807) is 0 Å². The van der Waals surface area contributed by atoms with Crippen LogP contribution in [0, 0.1) is 10.1 Å². The van der Waals surface area contributed by atoms with Gasteiger partial charge in [-0.05, 0) is 48.5 Å². The summed E-state index contributed by atoms with van der Waals surface area (Å²) >= 11 is 0. The molecule has 240 valence electrons. The number of benzene rings is 3. The lowest BCUT2D eigenvalue weighted by Gasteiger charge is -2.26. The Morgan fingerprint density at radius 1 is 0.522 bits per heavy atom. The second kappa shape index (κ2) is 10.7. The zero-order valence-corrected chi connectivity index (χ0v) is 22.1. The molecule has 0 bridgehead atoms. The van der Waals surface area contributed by atoms with E-state index in [0.29, 0.717) is 0 Å². The Balaban J connectivity index is 1.80. The molecule has 0 saturated carbocycles. The molecule has 0 saturated heterocycles. The number of pyridine rings is 2. The summed E-state index contributed by atoms with van der Waals surface area (Å²) in [6.07, 6.45) is -21.1. The van der Waals surface area contributed by atoms with Gasteiger partial charge in [-0.15, -0.1) is 0 Å². The second-order valence-corrected chi connectivity index (χ2v) is 9.61. The van der Waals surface area contributed by atoms with Gasteiger partial charge in [0.25, 0.3) is 5.69 Å². The van der Waals surface area contributed by atoms with Gasteiger partial charge < -0.3 is 4.90 Å². The molecule has 0 radical (unpaired) electrons. The van der Waals surface area contributed by atoms with Crippen LogP contribution in [-0.2, 0) is 24.7 Å². The first kappa shape index (κ1) is 32.2. The maximum Gasteiger partial charge on any atom is 0.433 e. The molecular formula is C28H12F12N4O2. The number of anilines is 3. The summed E-state index contributed by atoms with van der Waals surface area (Å²) in [6.45, 7) is 0. The van der Waals surface area contributed by atoms with E-state index in [-0.39, 0.29) is 29.2 Å². The molecular weight excluding hydrogens is 652 g/mol. The highest BCUT2D eigenvalue weighted by Gasteiger charge is 2.41. The number of nitro groups is 1. The SMILES string of the molecule is O=[N+]([O-])c1ccc(N(c2ccc3c(C(F)(F)F)cc(C(F)(F)F)nc3c2)c2ccc3c(C(F)(F)F)cc(C(F)(F)F)nc3c2)cc1. The summed E-state index contributed by atoms with van der Waals surface area (Å²) in [5, 5.41) is 9.67. The highest BCUT2D eigenvalue weighted by atomic mass is 19.4. The molecule has 46 heavy (non-hydrogen) atoms. The van der Waals surface area contributed by atoms with E-state index in [9.17, 15) is 62.8 Å². The number of alkyl halides is 12. The predicted molar refractivity (Wildman–Crippen MR) is 138 cm³/mol. The lowest BCUT2D eigenvalue weighted by atomic mass is 10.0. The number of hydrogen-bond donors (Lipinski definition) is 0. The van der Waals surface area contributed by atoms with Crippen LogP contribution in [0.3, 0.4) is 0 Å². The minimum Gasteiger partial charge on any atom is -0.310 e. The van der Waals surface area contributed by atoms with Crippen molar-refractivity contribution in [3.8, 4) is 0 Å². The van der Waals surface area contributed by atoms with Crippen LogP contribution in [0.5, 0.6) is 0 Å². The molecule has 3 aromatic carbocycles. The third kappa shape index (κ3) is 6.18. The minimum absolute atomic E-state index is 0.0738. The van der Waals surface area contributed by atoms with Gasteiger partial charge in [0.1, 0.15) is 11.4 Å². The highest BCUT2D eigenvalue weighted by Crippen LogP contribution is 2.44. The topological polar surface area (TPSA) is 72.2 Å². The van der Waals surface area contributed by atoms with Gasteiger partial charge in [0.2, 0.25) is 0 Å². The summed E-state index contributed by atoms with van der Waals surface area (Å²) in [5.41, 5.74) is -9.80. The fourth-order valence-electron chi connectivity index (χ4n) is 4.64. The van der Waals surface area contributed by atoms with E-state index in [1.165, 1.54) is 0 Å². The van der Waals surface area contributed by atoms with E-state index in [0.717, 1.165) is 65.6 Å². The molecule has 2 heterocycles. The first-order valence-electron chi connectivity index (χ1n) is 12.4. The van der Waals surface area contributed by atoms with E-state index in [1.807, 2.05) is 0 Å². The fraction of sp³-hybridized carbons (Fsp3) is 0.143. The first-order valence-corrected chi connectivity index (χ1v) is 12.4. The number of rotatable bonds is 4. The van der Waals surface area contributed by atoms with Gasteiger partial charge in [-0.2, -0.15) is 52.7 Å². The Morgan fingerprint density at radius 2 is 0.891 bits per heavy atom. The average molecular weight is 664 g/mol. The van der Waals surface area contributed by atoms with E-state index >= 15 is 0 Å². The van der Waals surface area contributed by atoms with Crippen molar-refractivity contribution in [2.75, 3.05) is 4.90 Å². The zero-order chi connectivity index (χ0) is 34.0. The Bertz CT molecular complexity index is 1870. The van der Waals surface area contributed by atoms with Crippen LogP contribution in [-0.4, -0.2) is 14.9 Å². The first-order chi connectivity index (χ1) is 21.1. The Kier molecular flexibility index (Phi) is 7.52. The number of nitro benzene ring substituents is 1. The molecule has 6 nitrogen and oxygen atoms in total. The van der Waals surface area contributed by atoms with Gasteiger partial charge in [-0.3, -0.25) is 10.1 Å². The molecule has 0 unspecified atom stereocenters. The van der Waals surface area contributed by atoms with Crippen molar-refractivity contribution in [3.05, 3.63) is 105 Å². The van der Waals surface area contributed by atoms with Crippen LogP contribution < -0.4 is 4.90 Å². The Hall–Kier alpha value is -5.16. The number of non-ortho nitro benzene ring substituents is 1. The van der Waals surface area contributed by atoms with Crippen LogP contribution in [0.1, 0.15) is 22.5 Å². The molecule has 0 aliphatic heterocycles. The molecule has 0 aliphatic rings. The molecule has 0 atom stereocenters. The summed E-state index contributed by atoms with van der Waals surface area (Å²) < 4.78 is 163. The largest absolute Gasteiger partial charge is 0.433 e. The monoisotopic (exact) mass is 664 g/mol. The molecule has 2 aromatic heterocycles. The third-order valence-electron chi connectivity index (χ3n) is 6.61. The van der Waals surface area contributed by atoms with Crippen LogP contribution >= 0.6 is 0 Å². The van der Waals surface area contributed by atoms with Crippen LogP contribution in [0.2, 0.25) is 0 Å². The van der Waals surface area contributed by atoms with Crippen LogP contribution in [0.4, 0.5) is 75.4 Å². The van der Waals surface area contributed by atoms with Gasteiger partial charge in [0, 0.05) is 40.0 Å². The summed E-state index contributed by atoms with van der Waals surface area (Å²) in [7, 11) is 0. The Labute approximate surface area is 247 Å². The molecule has 0 fully saturated rings. The summed E-state index contributed by atoms with van der Waals surface area (Å²) in [6, 6.07) is 8.85. The number of nitrogens with zero attached hydrogens (tertiary/aromatic N) is 4. The molecule has 0 spiro atoms. The van der Waals surface area contributed by atoms with E-state index < -0.39 is 79.6 Å². The predicted octanol–water partition coefficient (Wildman–Crippen LogP) is 10.2. The third-order valence-corrected chi connectivity index (χ3v) is 6.61. The Morgan fingerprint density at radius 3 is 1.22 bits per heavy atom. The standard InChI is InChI=1S/C28H12F12N4O2/c29-25(30,31)19-11-23(27(35,36)37)41-21-9-15(5-7-17(19)21)43(13-1-3-14(4-2-13)44(45)46)16-6-8-18-20(26(32,33)34)12-24(28(38,39)40)42-22(18)10-16/h1-12H. The number of aromatic nitrogens is 2. The molecule has 0 amide bonds. The minimum atomic E-state index is -5.31. The van der Waals surface area contributed by atoms with Gasteiger partial charge in [-0.25, -0.2) is 9.97 Å². The van der Waals surface area contributed by atoms with Crippen LogP contribution in [0.15, 0.2) is 72.8 Å². The molecule has 18 heteroatoms. The lowest BCUT2D eigenvalue weighted by molar-refractivity contribution is -0.384. The maximum absolute atomic E-state index is 13.7. The van der Waals surface area contributed by atoms with Crippen molar-refractivity contribution in [3.63, 3.8) is 0 Å². The van der Waals surface area contributed by atoms with Crippen molar-refractivity contribution >= 4 is 44.6 Å². The summed E-state index contributed by atoms with van der Waals surface area (Å²) in [4.78, 5) is 18.0. The molecule has 0 aliphatic carbocycles. The maximum atomic E-state index is 13.7. The lowest BCUT2D eigenvalue weighted by Crippen LogP contribution is -2.15. The molecule has 0 N–H and O–H groups in total. The van der Waals surface area contributed by atoms with Crippen molar-refractivity contribution in [2.24, 2.45) is 0 Å². The van der Waals surface area contributed by atoms with Crippen molar-refractivity contribution in [2.45, 2.75) is 24.7 Å².